The number of nitrogens with zero attached hydrogens (tertiary/aromatic N) is 3. The van der Waals surface area contributed by atoms with Crippen molar-refractivity contribution in [2.45, 2.75) is 13.5 Å². The Morgan fingerprint density at radius 1 is 1.18 bits per heavy atom. The number of halogens is 2. The van der Waals surface area contributed by atoms with Crippen LogP contribution >= 0.6 is 34.5 Å². The average Bonchev–Trinajstić information content (AvgIpc) is 3.11. The quantitative estimate of drug-likeness (QED) is 0.425. The van der Waals surface area contributed by atoms with Crippen LogP contribution < -0.4 is 5.56 Å². The fraction of sp³-hybridized carbons (Fsp3) is 0.0952. The van der Waals surface area contributed by atoms with Gasteiger partial charge in [0.15, 0.2) is 0 Å². The second-order valence-corrected chi connectivity index (χ2v) is 7.99. The molecule has 0 spiro atoms. The number of aryl methyl sites for hydroxylation is 1. The molecule has 4 rings (SSSR count). The van der Waals surface area contributed by atoms with E-state index in [4.69, 9.17) is 28.5 Å². The van der Waals surface area contributed by atoms with Gasteiger partial charge in [0, 0.05) is 10.9 Å². The number of rotatable bonds is 3. The van der Waals surface area contributed by atoms with E-state index in [9.17, 15) is 4.79 Å². The normalized spacial score (nSPS) is 10.9. The van der Waals surface area contributed by atoms with Gasteiger partial charge in [0.2, 0.25) is 0 Å². The van der Waals surface area contributed by atoms with E-state index in [-0.39, 0.29) is 5.56 Å². The Balaban J connectivity index is 1.88. The molecule has 2 aromatic carbocycles. The minimum atomic E-state index is -0.118. The Labute approximate surface area is 175 Å². The Morgan fingerprint density at radius 2 is 2.00 bits per heavy atom. The van der Waals surface area contributed by atoms with Gasteiger partial charge in [-0.25, -0.2) is 4.98 Å². The highest BCUT2D eigenvalue weighted by molar-refractivity contribution is 7.17. The van der Waals surface area contributed by atoms with Crippen LogP contribution in [0.1, 0.15) is 17.0 Å². The summed E-state index contributed by atoms with van der Waals surface area (Å²) in [6.45, 7) is 2.16. The van der Waals surface area contributed by atoms with Crippen molar-refractivity contribution in [3.63, 3.8) is 0 Å². The molecule has 2 aromatic heterocycles. The van der Waals surface area contributed by atoms with E-state index in [0.717, 1.165) is 16.7 Å². The molecule has 0 N–H and O–H groups in total. The van der Waals surface area contributed by atoms with Crippen molar-refractivity contribution in [1.82, 2.24) is 9.55 Å². The predicted octanol–water partition coefficient (Wildman–Crippen LogP) is 5.66. The van der Waals surface area contributed by atoms with E-state index in [2.05, 4.69) is 11.1 Å². The van der Waals surface area contributed by atoms with Crippen molar-refractivity contribution in [3.8, 4) is 17.2 Å². The molecule has 0 aliphatic rings. The van der Waals surface area contributed by atoms with Crippen LogP contribution in [0.2, 0.25) is 10.0 Å². The van der Waals surface area contributed by atoms with E-state index in [1.807, 2.05) is 30.5 Å². The van der Waals surface area contributed by atoms with Crippen molar-refractivity contribution in [2.24, 2.45) is 0 Å². The number of benzene rings is 2. The summed E-state index contributed by atoms with van der Waals surface area (Å²) in [7, 11) is 0. The fourth-order valence-electron chi connectivity index (χ4n) is 3.11. The van der Waals surface area contributed by atoms with E-state index in [1.54, 1.807) is 28.8 Å². The van der Waals surface area contributed by atoms with Gasteiger partial charge in [0.25, 0.3) is 5.56 Å². The van der Waals surface area contributed by atoms with Crippen LogP contribution in [-0.2, 0) is 6.54 Å². The first-order chi connectivity index (χ1) is 13.5. The zero-order valence-corrected chi connectivity index (χ0v) is 17.1. The van der Waals surface area contributed by atoms with Crippen LogP contribution in [0.15, 0.2) is 52.6 Å². The fourth-order valence-corrected chi connectivity index (χ4v) is 4.39. The van der Waals surface area contributed by atoms with Crippen LogP contribution in [0.25, 0.3) is 21.3 Å². The van der Waals surface area contributed by atoms with Crippen LogP contribution in [-0.4, -0.2) is 9.55 Å². The Morgan fingerprint density at radius 3 is 2.75 bits per heavy atom. The highest BCUT2D eigenvalue weighted by Crippen LogP contribution is 2.34. The smallest absolute Gasteiger partial charge is 0.263 e. The predicted molar refractivity (Wildman–Crippen MR) is 114 cm³/mol. The van der Waals surface area contributed by atoms with Gasteiger partial charge in [0.1, 0.15) is 10.7 Å². The highest BCUT2D eigenvalue weighted by Gasteiger charge is 2.16. The van der Waals surface area contributed by atoms with Crippen LogP contribution in [0.3, 0.4) is 0 Å². The van der Waals surface area contributed by atoms with Gasteiger partial charge in [-0.3, -0.25) is 9.36 Å². The molecule has 0 radical (unpaired) electrons. The summed E-state index contributed by atoms with van der Waals surface area (Å²) in [6.07, 6.45) is 0. The second kappa shape index (κ2) is 7.40. The largest absolute Gasteiger partial charge is 0.292 e. The SMILES string of the molecule is Cc1nc2scc(-c3ccc(Cl)c(Cl)c3)c2c(=O)n1Cc1cccc(C#N)c1. The zero-order valence-electron chi connectivity index (χ0n) is 14.7. The maximum atomic E-state index is 13.3. The highest BCUT2D eigenvalue weighted by atomic mass is 35.5. The van der Waals surface area contributed by atoms with Gasteiger partial charge in [-0.15, -0.1) is 11.3 Å². The minimum absolute atomic E-state index is 0.118. The molecule has 0 saturated heterocycles. The second-order valence-electron chi connectivity index (χ2n) is 6.32. The van der Waals surface area contributed by atoms with Gasteiger partial charge in [-0.05, 0) is 42.3 Å². The summed E-state index contributed by atoms with van der Waals surface area (Å²) in [5.74, 6) is 0.627. The standard InChI is InChI=1S/C21H13Cl2N3OS/c1-12-25-20-19(16(11-28-20)15-5-6-17(22)18(23)8-15)21(27)26(12)10-14-4-2-3-13(7-14)9-24/h2-8,11H,10H2,1H3. The van der Waals surface area contributed by atoms with Crippen molar-refractivity contribution in [2.75, 3.05) is 0 Å². The molecule has 0 atom stereocenters. The van der Waals surface area contributed by atoms with Gasteiger partial charge in [0.05, 0.1) is 33.6 Å². The molecule has 28 heavy (non-hydrogen) atoms. The van der Waals surface area contributed by atoms with Crippen molar-refractivity contribution in [1.29, 1.82) is 5.26 Å². The number of hydrogen-bond acceptors (Lipinski definition) is 4. The van der Waals surface area contributed by atoms with Gasteiger partial charge >= 0.3 is 0 Å². The molecule has 0 aliphatic carbocycles. The summed E-state index contributed by atoms with van der Waals surface area (Å²) >= 11 is 13.6. The molecule has 0 fully saturated rings. The molecule has 4 aromatic rings. The lowest BCUT2D eigenvalue weighted by Crippen LogP contribution is -2.24. The molecule has 2 heterocycles. The Kier molecular flexibility index (Phi) is 4.94. The first-order valence-corrected chi connectivity index (χ1v) is 10.0. The van der Waals surface area contributed by atoms with E-state index in [1.165, 1.54) is 11.3 Å². The summed E-state index contributed by atoms with van der Waals surface area (Å²) in [5.41, 5.74) is 2.92. The number of nitriles is 1. The number of fused-ring (bicyclic) bond motifs is 1. The summed E-state index contributed by atoms with van der Waals surface area (Å²) < 4.78 is 1.63. The van der Waals surface area contributed by atoms with Gasteiger partial charge < -0.3 is 0 Å². The van der Waals surface area contributed by atoms with Crippen LogP contribution in [0.4, 0.5) is 0 Å². The molecule has 0 unspecified atom stereocenters. The third kappa shape index (κ3) is 3.31. The number of aromatic nitrogens is 2. The molecule has 0 saturated carbocycles. The monoisotopic (exact) mass is 425 g/mol. The molecule has 138 valence electrons. The third-order valence-electron chi connectivity index (χ3n) is 4.51. The van der Waals surface area contributed by atoms with E-state index in [0.29, 0.717) is 38.2 Å². The van der Waals surface area contributed by atoms with Gasteiger partial charge in [-0.1, -0.05) is 41.4 Å². The van der Waals surface area contributed by atoms with E-state index < -0.39 is 0 Å². The maximum Gasteiger partial charge on any atom is 0.263 e. The molecule has 4 nitrogen and oxygen atoms in total. The Hall–Kier alpha value is -2.65. The van der Waals surface area contributed by atoms with Crippen molar-refractivity contribution in [3.05, 3.63) is 85.2 Å². The number of thiophene rings is 1. The summed E-state index contributed by atoms with van der Waals surface area (Å²) in [4.78, 5) is 18.6. The topological polar surface area (TPSA) is 58.7 Å². The molecular weight excluding hydrogens is 413 g/mol. The minimum Gasteiger partial charge on any atom is -0.292 e. The lowest BCUT2D eigenvalue weighted by molar-refractivity contribution is 0.714. The molecule has 0 amide bonds. The van der Waals surface area contributed by atoms with Crippen LogP contribution in [0, 0.1) is 18.3 Å². The summed E-state index contributed by atoms with van der Waals surface area (Å²) in [5, 5.41) is 12.5. The maximum absolute atomic E-state index is 13.3. The first-order valence-electron chi connectivity index (χ1n) is 8.41. The molecule has 7 heteroatoms. The lowest BCUT2D eigenvalue weighted by Gasteiger charge is -2.11. The first kappa shape index (κ1) is 18.7. The van der Waals surface area contributed by atoms with Crippen LogP contribution in [0.5, 0.6) is 0 Å². The molecular formula is C21H13Cl2N3OS. The lowest BCUT2D eigenvalue weighted by atomic mass is 10.1. The van der Waals surface area contributed by atoms with E-state index >= 15 is 0 Å². The molecule has 0 aliphatic heterocycles. The van der Waals surface area contributed by atoms with Crippen molar-refractivity contribution < 1.29 is 0 Å². The van der Waals surface area contributed by atoms with Gasteiger partial charge in [-0.2, -0.15) is 5.26 Å². The number of hydrogen-bond donors (Lipinski definition) is 0. The zero-order chi connectivity index (χ0) is 19.8. The third-order valence-corrected chi connectivity index (χ3v) is 6.12. The average molecular weight is 426 g/mol. The van der Waals surface area contributed by atoms with Crippen molar-refractivity contribution >= 4 is 44.8 Å². The summed E-state index contributed by atoms with van der Waals surface area (Å²) in [6, 6.07) is 14.7. The Bertz CT molecular complexity index is 1320. The molecule has 0 bridgehead atoms.